The number of nitrogens with two attached hydrogens (primary N) is 2. The van der Waals surface area contributed by atoms with Crippen molar-refractivity contribution in [3.63, 3.8) is 0 Å². The monoisotopic (exact) mass is 293 g/mol. The van der Waals surface area contributed by atoms with Crippen LogP contribution < -0.4 is 11.5 Å². The average molecular weight is 293 g/mol. The van der Waals surface area contributed by atoms with Crippen LogP contribution in [0.1, 0.15) is 29.2 Å². The average Bonchev–Trinajstić information content (AvgIpc) is 2.50. The molecule has 5 nitrogen and oxygen atoms in total. The Balaban J connectivity index is 2.02. The number of hydrogen-bond donors (Lipinski definition) is 2. The number of pyridine rings is 1. The summed E-state index contributed by atoms with van der Waals surface area (Å²) >= 11 is 0. The van der Waals surface area contributed by atoms with Crippen molar-refractivity contribution in [2.45, 2.75) is 26.7 Å². The zero-order valence-corrected chi connectivity index (χ0v) is 12.8. The van der Waals surface area contributed by atoms with Crippen LogP contribution in [-0.2, 0) is 12.8 Å². The van der Waals surface area contributed by atoms with Crippen molar-refractivity contribution < 1.29 is 0 Å². The molecular weight excluding hydrogens is 274 g/mol. The summed E-state index contributed by atoms with van der Waals surface area (Å²) in [5, 5.41) is 0.789. The Morgan fingerprint density at radius 1 is 1.00 bits per heavy atom. The fraction of sp³-hybridized carbons (Fsp3) is 0.235. The van der Waals surface area contributed by atoms with Gasteiger partial charge in [-0.3, -0.25) is 0 Å². The van der Waals surface area contributed by atoms with Crippen LogP contribution in [0.2, 0.25) is 0 Å². The van der Waals surface area contributed by atoms with Gasteiger partial charge in [-0.05, 0) is 42.0 Å². The first-order chi connectivity index (χ1) is 10.6. The molecule has 0 aliphatic rings. The molecule has 0 bridgehead atoms. The first kappa shape index (κ1) is 14.3. The maximum atomic E-state index is 5.99. The second-order valence-corrected chi connectivity index (χ2v) is 5.42. The molecule has 0 aliphatic heterocycles. The zero-order valence-electron chi connectivity index (χ0n) is 12.8. The predicted molar refractivity (Wildman–Crippen MR) is 89.5 cm³/mol. The molecule has 112 valence electrons. The summed E-state index contributed by atoms with van der Waals surface area (Å²) in [6.45, 7) is 4.18. The number of aromatic nitrogens is 3. The van der Waals surface area contributed by atoms with Crippen LogP contribution in [0.15, 0.2) is 30.5 Å². The molecule has 2 heterocycles. The zero-order chi connectivity index (χ0) is 15.7. The smallest absolute Gasteiger partial charge is 0.224 e. The summed E-state index contributed by atoms with van der Waals surface area (Å²) in [6, 6.07) is 8.64. The van der Waals surface area contributed by atoms with Gasteiger partial charge in [-0.2, -0.15) is 9.97 Å². The lowest BCUT2D eigenvalue weighted by Crippen LogP contribution is -2.04. The van der Waals surface area contributed by atoms with E-state index in [-0.39, 0.29) is 5.95 Å². The van der Waals surface area contributed by atoms with E-state index in [1.165, 1.54) is 11.1 Å². The van der Waals surface area contributed by atoms with Crippen LogP contribution >= 0.6 is 0 Å². The van der Waals surface area contributed by atoms with Crippen LogP contribution in [0.5, 0.6) is 0 Å². The summed E-state index contributed by atoms with van der Waals surface area (Å²) in [5.41, 5.74) is 16.9. The van der Waals surface area contributed by atoms with Gasteiger partial charge in [0, 0.05) is 6.20 Å². The first-order valence-electron chi connectivity index (χ1n) is 7.33. The van der Waals surface area contributed by atoms with Gasteiger partial charge in [0.05, 0.1) is 5.39 Å². The molecule has 3 rings (SSSR count). The van der Waals surface area contributed by atoms with E-state index in [0.717, 1.165) is 29.4 Å². The minimum atomic E-state index is 0.153. The highest BCUT2D eigenvalue weighted by Crippen LogP contribution is 2.25. The van der Waals surface area contributed by atoms with Crippen LogP contribution in [0.4, 0.5) is 11.8 Å². The fourth-order valence-electron chi connectivity index (χ4n) is 2.62. The molecule has 22 heavy (non-hydrogen) atoms. The summed E-state index contributed by atoms with van der Waals surface area (Å²) in [4.78, 5) is 12.6. The van der Waals surface area contributed by atoms with E-state index in [4.69, 9.17) is 11.5 Å². The molecule has 0 radical (unpaired) electrons. The van der Waals surface area contributed by atoms with Crippen molar-refractivity contribution in [3.05, 3.63) is 52.7 Å². The third kappa shape index (κ3) is 2.57. The van der Waals surface area contributed by atoms with Crippen LogP contribution in [-0.4, -0.2) is 15.0 Å². The molecule has 3 aromatic rings. The lowest BCUT2D eigenvalue weighted by atomic mass is 9.99. The van der Waals surface area contributed by atoms with Gasteiger partial charge in [-0.15, -0.1) is 0 Å². The Morgan fingerprint density at radius 2 is 1.68 bits per heavy atom. The molecule has 0 fully saturated rings. The molecule has 0 unspecified atom stereocenters. The van der Waals surface area contributed by atoms with E-state index in [1.807, 2.05) is 13.1 Å². The first-order valence-corrected chi connectivity index (χ1v) is 7.33. The number of hydrogen-bond acceptors (Lipinski definition) is 5. The highest BCUT2D eigenvalue weighted by Gasteiger charge is 2.11. The molecule has 1 aromatic carbocycles. The van der Waals surface area contributed by atoms with Gasteiger partial charge in [0.15, 0.2) is 5.65 Å². The largest absolute Gasteiger partial charge is 0.383 e. The van der Waals surface area contributed by atoms with Gasteiger partial charge in [0.1, 0.15) is 5.82 Å². The molecule has 0 spiro atoms. The number of aryl methyl sites for hydroxylation is 2. The quantitative estimate of drug-likeness (QED) is 0.774. The Kier molecular flexibility index (Phi) is 3.63. The fourth-order valence-corrected chi connectivity index (χ4v) is 2.62. The predicted octanol–water partition coefficient (Wildman–Crippen LogP) is 2.65. The number of fused-ring (bicyclic) bond motifs is 1. The molecule has 0 saturated heterocycles. The topological polar surface area (TPSA) is 90.7 Å². The Hall–Kier alpha value is -2.69. The van der Waals surface area contributed by atoms with E-state index in [9.17, 15) is 0 Å². The molecule has 4 N–H and O–H groups in total. The second-order valence-electron chi connectivity index (χ2n) is 5.42. The van der Waals surface area contributed by atoms with E-state index in [1.54, 1.807) is 0 Å². The minimum absolute atomic E-state index is 0.153. The molecule has 2 aromatic heterocycles. The van der Waals surface area contributed by atoms with E-state index < -0.39 is 0 Å². The molecule has 0 amide bonds. The highest BCUT2D eigenvalue weighted by molar-refractivity contribution is 5.90. The second kappa shape index (κ2) is 5.60. The van der Waals surface area contributed by atoms with Crippen molar-refractivity contribution in [2.24, 2.45) is 0 Å². The van der Waals surface area contributed by atoms with E-state index >= 15 is 0 Å². The Morgan fingerprint density at radius 3 is 2.36 bits per heavy atom. The van der Waals surface area contributed by atoms with Crippen LogP contribution in [0.25, 0.3) is 11.0 Å². The molecule has 0 saturated carbocycles. The number of rotatable bonds is 3. The maximum Gasteiger partial charge on any atom is 0.224 e. The highest BCUT2D eigenvalue weighted by atomic mass is 15.1. The lowest BCUT2D eigenvalue weighted by molar-refractivity contribution is 1.09. The summed E-state index contributed by atoms with van der Waals surface area (Å²) < 4.78 is 0. The summed E-state index contributed by atoms with van der Waals surface area (Å²) in [5.74, 6) is 0.537. The number of anilines is 2. The minimum Gasteiger partial charge on any atom is -0.383 e. The number of benzene rings is 1. The van der Waals surface area contributed by atoms with Crippen molar-refractivity contribution >= 4 is 22.8 Å². The summed E-state index contributed by atoms with van der Waals surface area (Å²) in [7, 11) is 0. The summed E-state index contributed by atoms with van der Waals surface area (Å²) in [6.07, 6.45) is 3.70. The lowest BCUT2D eigenvalue weighted by Gasteiger charge is -2.10. The van der Waals surface area contributed by atoms with Crippen molar-refractivity contribution in [1.82, 2.24) is 15.0 Å². The molecule has 0 atom stereocenters. The maximum absolute atomic E-state index is 5.99. The van der Waals surface area contributed by atoms with Gasteiger partial charge in [0.2, 0.25) is 5.95 Å². The van der Waals surface area contributed by atoms with Gasteiger partial charge in [-0.25, -0.2) is 4.98 Å². The third-order valence-electron chi connectivity index (χ3n) is 3.96. The molecule has 0 aliphatic carbocycles. The van der Waals surface area contributed by atoms with Gasteiger partial charge >= 0.3 is 0 Å². The molecular formula is C17H19N5. The van der Waals surface area contributed by atoms with Gasteiger partial charge in [-0.1, -0.05) is 31.2 Å². The van der Waals surface area contributed by atoms with Crippen molar-refractivity contribution in [3.8, 4) is 0 Å². The standard InChI is InChI=1S/C17H19N5/c1-3-11-4-6-12(7-5-11)8-13-9-20-16-14(10(13)2)15(18)21-17(19)22-16/h4-7,9H,3,8H2,1-2H3,(H4,18,19,20,21,22). The van der Waals surface area contributed by atoms with Crippen molar-refractivity contribution in [2.75, 3.05) is 11.5 Å². The Labute approximate surface area is 129 Å². The SMILES string of the molecule is CCc1ccc(Cc2cnc3nc(N)nc(N)c3c2C)cc1. The van der Waals surface area contributed by atoms with E-state index in [2.05, 4.69) is 46.1 Å². The van der Waals surface area contributed by atoms with E-state index in [0.29, 0.717) is 11.5 Å². The normalized spacial score (nSPS) is 11.0. The number of nitrogen functional groups attached to an aromatic ring is 2. The number of nitrogens with zero attached hydrogens (tertiary/aromatic N) is 3. The molecule has 5 heteroatoms. The van der Waals surface area contributed by atoms with Crippen molar-refractivity contribution in [1.29, 1.82) is 0 Å². The van der Waals surface area contributed by atoms with Crippen LogP contribution in [0.3, 0.4) is 0 Å². The third-order valence-corrected chi connectivity index (χ3v) is 3.96. The van der Waals surface area contributed by atoms with Crippen LogP contribution in [0, 0.1) is 6.92 Å². The van der Waals surface area contributed by atoms with Gasteiger partial charge in [0.25, 0.3) is 0 Å². The Bertz CT molecular complexity index is 825. The van der Waals surface area contributed by atoms with Gasteiger partial charge < -0.3 is 11.5 Å².